The van der Waals surface area contributed by atoms with E-state index in [1.54, 1.807) is 19.3 Å². The van der Waals surface area contributed by atoms with Gasteiger partial charge in [-0.05, 0) is 6.07 Å². The lowest BCUT2D eigenvalue weighted by Crippen LogP contribution is -2.16. The fraction of sp³-hybridized carbons (Fsp3) is 0.111. The molecule has 0 unspecified atom stereocenters. The fourth-order valence-electron chi connectivity index (χ4n) is 1.15. The highest BCUT2D eigenvalue weighted by Crippen LogP contribution is 2.07. The molecule has 0 aromatic carbocycles. The average Bonchev–Trinajstić information content (AvgIpc) is 2.68. The Kier molecular flexibility index (Phi) is 2.82. The molecule has 2 heterocycles. The number of aromatic nitrogens is 4. The summed E-state index contributed by atoms with van der Waals surface area (Å²) in [5.74, 6) is 0.0484. The van der Waals surface area contributed by atoms with Crippen LogP contribution in [0.1, 0.15) is 10.5 Å². The topological polar surface area (TPSA) is 72.7 Å². The average molecular weight is 238 g/mol. The first-order valence-corrected chi connectivity index (χ1v) is 4.81. The Bertz CT molecular complexity index is 507. The summed E-state index contributed by atoms with van der Waals surface area (Å²) in [5, 5.41) is 6.75. The lowest BCUT2D eigenvalue weighted by atomic mass is 10.4. The Labute approximate surface area is 96.3 Å². The Morgan fingerprint density at radius 2 is 2.25 bits per heavy atom. The molecular formula is C9H8ClN5O. The van der Waals surface area contributed by atoms with Gasteiger partial charge in [0.05, 0.1) is 12.4 Å². The van der Waals surface area contributed by atoms with E-state index < -0.39 is 0 Å². The predicted molar refractivity (Wildman–Crippen MR) is 58.2 cm³/mol. The van der Waals surface area contributed by atoms with Crippen LogP contribution in [0, 0.1) is 0 Å². The fourth-order valence-corrected chi connectivity index (χ4v) is 1.25. The minimum Gasteiger partial charge on any atom is -0.304 e. The maximum absolute atomic E-state index is 11.7. The van der Waals surface area contributed by atoms with Crippen molar-refractivity contribution in [3.63, 3.8) is 0 Å². The molecule has 0 atom stereocenters. The monoisotopic (exact) mass is 237 g/mol. The maximum atomic E-state index is 11.7. The molecule has 0 aliphatic carbocycles. The SMILES string of the molecule is Cn1nccc1C(=O)Nc1cnc(Cl)cn1. The lowest BCUT2D eigenvalue weighted by molar-refractivity contribution is 0.101. The van der Waals surface area contributed by atoms with Gasteiger partial charge in [0, 0.05) is 13.2 Å². The van der Waals surface area contributed by atoms with Crippen LogP contribution in [0.4, 0.5) is 5.82 Å². The Balaban J connectivity index is 2.14. The number of halogens is 1. The van der Waals surface area contributed by atoms with E-state index in [4.69, 9.17) is 11.6 Å². The molecule has 0 fully saturated rings. The number of carbonyl (C=O) groups excluding carboxylic acids is 1. The molecule has 16 heavy (non-hydrogen) atoms. The van der Waals surface area contributed by atoms with Crippen LogP contribution in [0.3, 0.4) is 0 Å². The number of rotatable bonds is 2. The molecule has 1 amide bonds. The highest BCUT2D eigenvalue weighted by Gasteiger charge is 2.10. The molecular weight excluding hydrogens is 230 g/mol. The van der Waals surface area contributed by atoms with Gasteiger partial charge >= 0.3 is 0 Å². The third kappa shape index (κ3) is 2.17. The molecule has 0 radical (unpaired) electrons. The van der Waals surface area contributed by atoms with Crippen LogP contribution in [-0.4, -0.2) is 25.7 Å². The number of aryl methyl sites for hydroxylation is 1. The van der Waals surface area contributed by atoms with E-state index in [0.29, 0.717) is 11.5 Å². The van der Waals surface area contributed by atoms with Crippen LogP contribution in [0.25, 0.3) is 0 Å². The van der Waals surface area contributed by atoms with Gasteiger partial charge in [-0.1, -0.05) is 11.6 Å². The number of carbonyl (C=O) groups is 1. The molecule has 0 aliphatic heterocycles. The van der Waals surface area contributed by atoms with Crippen molar-refractivity contribution in [3.05, 3.63) is 35.5 Å². The van der Waals surface area contributed by atoms with Crippen LogP contribution in [0.15, 0.2) is 24.7 Å². The summed E-state index contributed by atoms with van der Waals surface area (Å²) in [6.45, 7) is 0. The van der Waals surface area contributed by atoms with Gasteiger partial charge in [0.2, 0.25) is 0 Å². The van der Waals surface area contributed by atoms with Crippen LogP contribution in [0.2, 0.25) is 5.15 Å². The van der Waals surface area contributed by atoms with Gasteiger partial charge in [-0.2, -0.15) is 5.10 Å². The second kappa shape index (κ2) is 4.28. The smallest absolute Gasteiger partial charge is 0.275 e. The van der Waals surface area contributed by atoms with Crippen molar-refractivity contribution in [1.82, 2.24) is 19.7 Å². The van der Waals surface area contributed by atoms with E-state index >= 15 is 0 Å². The Morgan fingerprint density at radius 3 is 2.81 bits per heavy atom. The summed E-state index contributed by atoms with van der Waals surface area (Å²) in [6, 6.07) is 1.61. The number of nitrogens with zero attached hydrogens (tertiary/aromatic N) is 4. The highest BCUT2D eigenvalue weighted by atomic mass is 35.5. The second-order valence-corrected chi connectivity index (χ2v) is 3.41. The number of anilines is 1. The lowest BCUT2D eigenvalue weighted by Gasteiger charge is -2.03. The number of amides is 1. The number of nitrogens with one attached hydrogen (secondary N) is 1. The standard InChI is InChI=1S/C9H8ClN5O/c1-15-6(2-3-13-15)9(16)14-8-5-11-7(10)4-12-8/h2-5H,1H3,(H,12,14,16). The van der Waals surface area contributed by atoms with Gasteiger partial charge in [0.1, 0.15) is 10.8 Å². The number of hydrogen-bond donors (Lipinski definition) is 1. The maximum Gasteiger partial charge on any atom is 0.275 e. The molecule has 2 rings (SSSR count). The summed E-state index contributed by atoms with van der Waals surface area (Å²) in [4.78, 5) is 19.4. The van der Waals surface area contributed by atoms with Gasteiger partial charge < -0.3 is 5.32 Å². The third-order valence-electron chi connectivity index (χ3n) is 1.92. The summed E-state index contributed by atoms with van der Waals surface area (Å²) in [7, 11) is 1.68. The van der Waals surface area contributed by atoms with Crippen LogP contribution >= 0.6 is 11.6 Å². The quantitative estimate of drug-likeness (QED) is 0.849. The minimum atomic E-state index is -0.295. The van der Waals surface area contributed by atoms with Crippen LogP contribution in [-0.2, 0) is 7.05 Å². The molecule has 2 aromatic rings. The molecule has 1 N–H and O–H groups in total. The zero-order chi connectivity index (χ0) is 11.5. The van der Waals surface area contributed by atoms with Crippen LogP contribution in [0.5, 0.6) is 0 Å². The van der Waals surface area contributed by atoms with E-state index in [2.05, 4.69) is 20.4 Å². The minimum absolute atomic E-state index is 0.276. The molecule has 0 saturated carbocycles. The van der Waals surface area contributed by atoms with Crippen molar-refractivity contribution < 1.29 is 4.79 Å². The zero-order valence-electron chi connectivity index (χ0n) is 8.38. The van der Waals surface area contributed by atoms with Gasteiger partial charge in [0.15, 0.2) is 5.82 Å². The first-order valence-electron chi connectivity index (χ1n) is 4.44. The molecule has 7 heteroatoms. The third-order valence-corrected chi connectivity index (χ3v) is 2.11. The van der Waals surface area contributed by atoms with Crippen molar-refractivity contribution in [2.75, 3.05) is 5.32 Å². The van der Waals surface area contributed by atoms with Crippen molar-refractivity contribution in [1.29, 1.82) is 0 Å². The molecule has 0 aliphatic rings. The second-order valence-electron chi connectivity index (χ2n) is 3.02. The summed E-state index contributed by atoms with van der Waals surface area (Å²) in [5.41, 5.74) is 0.441. The normalized spacial score (nSPS) is 10.1. The van der Waals surface area contributed by atoms with Gasteiger partial charge in [-0.25, -0.2) is 9.97 Å². The van der Waals surface area contributed by atoms with Gasteiger partial charge in [0.25, 0.3) is 5.91 Å². The molecule has 0 spiro atoms. The van der Waals surface area contributed by atoms with Crippen LogP contribution < -0.4 is 5.32 Å². The molecule has 82 valence electrons. The van der Waals surface area contributed by atoms with E-state index in [0.717, 1.165) is 0 Å². The first-order chi connectivity index (χ1) is 7.66. The van der Waals surface area contributed by atoms with E-state index in [1.807, 2.05) is 0 Å². The van der Waals surface area contributed by atoms with Crippen molar-refractivity contribution >= 4 is 23.3 Å². The highest BCUT2D eigenvalue weighted by molar-refractivity contribution is 6.29. The van der Waals surface area contributed by atoms with E-state index in [9.17, 15) is 4.79 Å². The molecule has 6 nitrogen and oxygen atoms in total. The molecule has 0 bridgehead atoms. The largest absolute Gasteiger partial charge is 0.304 e. The predicted octanol–water partition coefficient (Wildman–Crippen LogP) is 1.12. The van der Waals surface area contributed by atoms with Crippen molar-refractivity contribution in [2.45, 2.75) is 0 Å². The zero-order valence-corrected chi connectivity index (χ0v) is 9.14. The summed E-state index contributed by atoms with van der Waals surface area (Å²) < 4.78 is 1.47. The molecule has 0 saturated heterocycles. The number of hydrogen-bond acceptors (Lipinski definition) is 4. The first kappa shape index (κ1) is 10.6. The Morgan fingerprint density at radius 1 is 1.44 bits per heavy atom. The van der Waals surface area contributed by atoms with Gasteiger partial charge in [-0.3, -0.25) is 9.48 Å². The van der Waals surface area contributed by atoms with Gasteiger partial charge in [-0.15, -0.1) is 0 Å². The molecule has 2 aromatic heterocycles. The van der Waals surface area contributed by atoms with E-state index in [-0.39, 0.29) is 11.1 Å². The Hall–Kier alpha value is -1.95. The summed E-state index contributed by atoms with van der Waals surface area (Å²) >= 11 is 5.57. The van der Waals surface area contributed by atoms with Crippen molar-refractivity contribution in [2.24, 2.45) is 7.05 Å². The van der Waals surface area contributed by atoms with Crippen molar-refractivity contribution in [3.8, 4) is 0 Å². The van der Waals surface area contributed by atoms with E-state index in [1.165, 1.54) is 17.1 Å². The summed E-state index contributed by atoms with van der Waals surface area (Å²) in [6.07, 6.45) is 4.29.